The zero-order valence-electron chi connectivity index (χ0n) is 14.8. The molecule has 2 aliphatic rings. The Hall–Kier alpha value is -2.04. The number of hydrogen-bond donors (Lipinski definition) is 2. The summed E-state index contributed by atoms with van der Waals surface area (Å²) in [6, 6.07) is 4.59. The molecule has 0 bridgehead atoms. The number of likely N-dealkylation sites (tertiary alicyclic amines) is 1. The van der Waals surface area contributed by atoms with Gasteiger partial charge >= 0.3 is 6.03 Å². The predicted molar refractivity (Wildman–Crippen MR) is 95.1 cm³/mol. The second kappa shape index (κ2) is 6.83. The molecule has 1 aliphatic heterocycles. The molecule has 0 unspecified atom stereocenters. The first-order valence-corrected chi connectivity index (χ1v) is 8.88. The van der Waals surface area contributed by atoms with Gasteiger partial charge in [0.25, 0.3) is 0 Å². The number of carbonyl (C=O) groups excluding carboxylic acids is 2. The van der Waals surface area contributed by atoms with Crippen molar-refractivity contribution in [1.29, 1.82) is 0 Å². The van der Waals surface area contributed by atoms with Gasteiger partial charge in [0.15, 0.2) is 0 Å². The summed E-state index contributed by atoms with van der Waals surface area (Å²) in [4.78, 5) is 26.5. The molecule has 1 saturated carbocycles. The Balaban J connectivity index is 1.54. The number of piperidine rings is 1. The number of rotatable bonds is 3. The van der Waals surface area contributed by atoms with Crippen molar-refractivity contribution in [2.75, 3.05) is 18.4 Å². The summed E-state index contributed by atoms with van der Waals surface area (Å²) in [7, 11) is 0. The normalized spacial score (nSPS) is 18.4. The van der Waals surface area contributed by atoms with Gasteiger partial charge in [-0.1, -0.05) is 17.7 Å². The van der Waals surface area contributed by atoms with E-state index in [1.165, 1.54) is 5.56 Å². The molecule has 0 aromatic heterocycles. The number of anilines is 1. The minimum Gasteiger partial charge on any atom is -0.335 e. The first-order valence-electron chi connectivity index (χ1n) is 8.88. The molecule has 5 nitrogen and oxygen atoms in total. The highest BCUT2D eigenvalue weighted by Gasteiger charge is 2.30. The van der Waals surface area contributed by atoms with Crippen molar-refractivity contribution in [3.8, 4) is 0 Å². The zero-order chi connectivity index (χ0) is 17.3. The molecular weight excluding hydrogens is 302 g/mol. The topological polar surface area (TPSA) is 61.4 Å². The van der Waals surface area contributed by atoms with E-state index in [0.717, 1.165) is 42.5 Å². The molecule has 2 fully saturated rings. The fourth-order valence-electron chi connectivity index (χ4n) is 3.44. The van der Waals surface area contributed by atoms with Gasteiger partial charge in [0.1, 0.15) is 0 Å². The van der Waals surface area contributed by atoms with Crippen molar-refractivity contribution in [2.45, 2.75) is 52.5 Å². The van der Waals surface area contributed by atoms with Crippen LogP contribution < -0.4 is 10.6 Å². The quantitative estimate of drug-likeness (QED) is 0.895. The lowest BCUT2D eigenvalue weighted by atomic mass is 9.95. The molecule has 1 aliphatic carbocycles. The first-order chi connectivity index (χ1) is 11.4. The Kier molecular flexibility index (Phi) is 4.78. The Labute approximate surface area is 143 Å². The Morgan fingerprint density at radius 3 is 2.12 bits per heavy atom. The molecule has 0 radical (unpaired) electrons. The molecule has 1 aromatic rings. The lowest BCUT2D eigenvalue weighted by Gasteiger charge is -2.31. The van der Waals surface area contributed by atoms with E-state index in [4.69, 9.17) is 0 Å². The van der Waals surface area contributed by atoms with E-state index in [1.54, 1.807) is 0 Å². The zero-order valence-corrected chi connectivity index (χ0v) is 14.8. The van der Waals surface area contributed by atoms with Crippen LogP contribution in [-0.4, -0.2) is 36.0 Å². The van der Waals surface area contributed by atoms with Gasteiger partial charge in [0.2, 0.25) is 5.91 Å². The van der Waals surface area contributed by atoms with E-state index in [-0.39, 0.29) is 17.9 Å². The molecule has 3 amide bonds. The molecule has 5 heteroatoms. The predicted octanol–water partition coefficient (Wildman–Crippen LogP) is 3.13. The Morgan fingerprint density at radius 2 is 1.58 bits per heavy atom. The number of urea groups is 1. The lowest BCUT2D eigenvalue weighted by molar-refractivity contribution is -0.121. The van der Waals surface area contributed by atoms with Crippen LogP contribution in [0.25, 0.3) is 0 Å². The summed E-state index contributed by atoms with van der Waals surface area (Å²) in [6.07, 6.45) is 3.65. The molecular formula is C19H27N3O2. The van der Waals surface area contributed by atoms with Crippen LogP contribution in [0.2, 0.25) is 0 Å². The first kappa shape index (κ1) is 16.8. The van der Waals surface area contributed by atoms with Crippen LogP contribution >= 0.6 is 0 Å². The number of amides is 3. The number of hydrogen-bond acceptors (Lipinski definition) is 2. The molecule has 1 heterocycles. The lowest BCUT2D eigenvalue weighted by Crippen LogP contribution is -2.46. The Morgan fingerprint density at radius 1 is 1.00 bits per heavy atom. The average molecular weight is 329 g/mol. The van der Waals surface area contributed by atoms with Gasteiger partial charge in [-0.05, 0) is 57.6 Å². The number of benzene rings is 1. The molecule has 24 heavy (non-hydrogen) atoms. The number of nitrogens with one attached hydrogen (secondary N) is 2. The number of nitrogens with zero attached hydrogens (tertiary/aromatic N) is 1. The van der Waals surface area contributed by atoms with E-state index < -0.39 is 0 Å². The molecule has 0 atom stereocenters. The highest BCUT2D eigenvalue weighted by atomic mass is 16.2. The van der Waals surface area contributed by atoms with Gasteiger partial charge in [-0.2, -0.15) is 0 Å². The minimum absolute atomic E-state index is 0.0184. The van der Waals surface area contributed by atoms with Gasteiger partial charge in [0.05, 0.1) is 0 Å². The highest BCUT2D eigenvalue weighted by Crippen LogP contribution is 2.25. The summed E-state index contributed by atoms with van der Waals surface area (Å²) in [5, 5.41) is 6.12. The second-order valence-electron chi connectivity index (χ2n) is 7.25. The van der Waals surface area contributed by atoms with E-state index >= 15 is 0 Å². The van der Waals surface area contributed by atoms with Crippen LogP contribution in [0.4, 0.5) is 10.5 Å². The molecule has 1 aromatic carbocycles. The number of carbonyl (C=O) groups is 2. The third-order valence-electron chi connectivity index (χ3n) is 4.98. The van der Waals surface area contributed by atoms with Crippen molar-refractivity contribution in [3.63, 3.8) is 0 Å². The average Bonchev–Trinajstić information content (AvgIpc) is 3.34. The van der Waals surface area contributed by atoms with Crippen molar-refractivity contribution in [3.05, 3.63) is 28.8 Å². The summed E-state index contributed by atoms with van der Waals surface area (Å²) < 4.78 is 0. The minimum atomic E-state index is -0.0184. The molecule has 1 saturated heterocycles. The van der Waals surface area contributed by atoms with E-state index in [9.17, 15) is 9.59 Å². The van der Waals surface area contributed by atoms with Gasteiger partial charge in [-0.15, -0.1) is 0 Å². The fraction of sp³-hybridized carbons (Fsp3) is 0.579. The molecule has 130 valence electrons. The van der Waals surface area contributed by atoms with Crippen LogP contribution in [0.15, 0.2) is 12.1 Å². The monoisotopic (exact) mass is 329 g/mol. The van der Waals surface area contributed by atoms with E-state index in [1.807, 2.05) is 18.7 Å². The van der Waals surface area contributed by atoms with E-state index in [0.29, 0.717) is 19.1 Å². The summed E-state index contributed by atoms with van der Waals surface area (Å²) in [6.45, 7) is 7.43. The van der Waals surface area contributed by atoms with Crippen LogP contribution in [-0.2, 0) is 4.79 Å². The smallest absolute Gasteiger partial charge is 0.317 e. The van der Waals surface area contributed by atoms with Crippen molar-refractivity contribution in [2.24, 2.45) is 5.92 Å². The van der Waals surface area contributed by atoms with Gasteiger partial charge in [-0.3, -0.25) is 4.79 Å². The molecule has 3 rings (SSSR count). The van der Waals surface area contributed by atoms with Crippen LogP contribution in [0, 0.1) is 26.7 Å². The largest absolute Gasteiger partial charge is 0.335 e. The van der Waals surface area contributed by atoms with Crippen LogP contribution in [0.1, 0.15) is 42.4 Å². The molecule has 2 N–H and O–H groups in total. The SMILES string of the molecule is Cc1cc(C)c(NC(=O)C2CCN(C(=O)NC3CC3)CC2)c(C)c1. The van der Waals surface area contributed by atoms with Gasteiger partial charge in [-0.25, -0.2) is 4.79 Å². The van der Waals surface area contributed by atoms with Crippen molar-refractivity contribution >= 4 is 17.6 Å². The Bertz CT molecular complexity index is 621. The van der Waals surface area contributed by atoms with Crippen molar-refractivity contribution < 1.29 is 9.59 Å². The summed E-state index contributed by atoms with van der Waals surface area (Å²) in [5.74, 6) is 0.0578. The molecule has 0 spiro atoms. The third kappa shape index (κ3) is 3.89. The maximum absolute atomic E-state index is 12.6. The summed E-state index contributed by atoms with van der Waals surface area (Å²) >= 11 is 0. The van der Waals surface area contributed by atoms with Crippen LogP contribution in [0.3, 0.4) is 0 Å². The fourth-order valence-corrected chi connectivity index (χ4v) is 3.44. The maximum Gasteiger partial charge on any atom is 0.317 e. The maximum atomic E-state index is 12.6. The van der Waals surface area contributed by atoms with Gasteiger partial charge in [0, 0.05) is 30.7 Å². The van der Waals surface area contributed by atoms with E-state index in [2.05, 4.69) is 29.7 Å². The third-order valence-corrected chi connectivity index (χ3v) is 4.98. The standard InChI is InChI=1S/C19H27N3O2/c1-12-10-13(2)17(14(3)11-12)21-18(23)15-6-8-22(9-7-15)19(24)20-16-4-5-16/h10-11,15-16H,4-9H2,1-3H3,(H,20,24)(H,21,23). The number of aryl methyl sites for hydroxylation is 3. The van der Waals surface area contributed by atoms with Crippen molar-refractivity contribution in [1.82, 2.24) is 10.2 Å². The second-order valence-corrected chi connectivity index (χ2v) is 7.25. The van der Waals surface area contributed by atoms with Crippen LogP contribution in [0.5, 0.6) is 0 Å². The highest BCUT2D eigenvalue weighted by molar-refractivity contribution is 5.94. The van der Waals surface area contributed by atoms with Gasteiger partial charge < -0.3 is 15.5 Å². The summed E-state index contributed by atoms with van der Waals surface area (Å²) in [5.41, 5.74) is 4.33.